The summed E-state index contributed by atoms with van der Waals surface area (Å²) >= 11 is 0. The highest BCUT2D eigenvalue weighted by Gasteiger charge is 2.30. The second kappa shape index (κ2) is 4.80. The number of fused-ring (bicyclic) bond motifs is 1. The molecule has 21 heavy (non-hydrogen) atoms. The molecule has 0 aliphatic heterocycles. The number of aryl methyl sites for hydroxylation is 1. The lowest BCUT2D eigenvalue weighted by atomic mass is 9.92. The molecule has 0 amide bonds. The zero-order chi connectivity index (χ0) is 15.1. The van der Waals surface area contributed by atoms with Gasteiger partial charge in [0.25, 0.3) is 5.56 Å². The number of anilines is 1. The molecule has 1 atom stereocenters. The van der Waals surface area contributed by atoms with Crippen molar-refractivity contribution in [2.24, 2.45) is 0 Å². The Labute approximate surface area is 120 Å². The van der Waals surface area contributed by atoms with Crippen LogP contribution in [0.4, 0.5) is 5.69 Å². The first-order chi connectivity index (χ1) is 9.99. The van der Waals surface area contributed by atoms with Gasteiger partial charge in [0.15, 0.2) is 5.78 Å². The van der Waals surface area contributed by atoms with Gasteiger partial charge in [0.1, 0.15) is 11.6 Å². The van der Waals surface area contributed by atoms with Gasteiger partial charge in [-0.25, -0.2) is 4.98 Å². The third kappa shape index (κ3) is 2.12. The molecule has 0 saturated heterocycles. The second-order valence-corrected chi connectivity index (χ2v) is 5.31. The van der Waals surface area contributed by atoms with Crippen LogP contribution in [-0.2, 0) is 9.59 Å². The zero-order valence-electron chi connectivity index (χ0n) is 11.6. The van der Waals surface area contributed by atoms with Crippen LogP contribution in [-0.4, -0.2) is 21.1 Å². The highest BCUT2D eigenvalue weighted by atomic mass is 16.2. The van der Waals surface area contributed by atoms with E-state index in [2.05, 4.69) is 4.98 Å². The van der Waals surface area contributed by atoms with E-state index < -0.39 is 6.04 Å². The van der Waals surface area contributed by atoms with Crippen molar-refractivity contribution in [2.45, 2.75) is 32.2 Å². The average molecular weight is 285 g/mol. The van der Waals surface area contributed by atoms with Crippen molar-refractivity contribution in [2.75, 3.05) is 5.73 Å². The van der Waals surface area contributed by atoms with Crippen LogP contribution in [0, 0.1) is 6.92 Å². The number of carbonyl (C=O) groups excluding carboxylic acids is 2. The second-order valence-electron chi connectivity index (χ2n) is 5.31. The highest BCUT2D eigenvalue weighted by molar-refractivity contribution is 6.03. The summed E-state index contributed by atoms with van der Waals surface area (Å²) in [6.07, 6.45) is 0.543. The third-order valence-corrected chi connectivity index (χ3v) is 3.89. The summed E-state index contributed by atoms with van der Waals surface area (Å²) in [7, 11) is 0. The molecule has 108 valence electrons. The van der Waals surface area contributed by atoms with E-state index >= 15 is 0 Å². The zero-order valence-corrected chi connectivity index (χ0v) is 11.6. The van der Waals surface area contributed by atoms with Gasteiger partial charge in [-0.1, -0.05) is 6.07 Å². The summed E-state index contributed by atoms with van der Waals surface area (Å²) in [6.45, 7) is 1.69. The fraction of sp³-hybridized carbons (Fsp3) is 0.333. The first-order valence-corrected chi connectivity index (χ1v) is 6.81. The standard InChI is InChI=1S/C15H15N3O3/c1-8-17-11-4-2-3-10(16)14(11)15(21)18(8)12-6-5-9(19)7-13(12)20/h2-4,12H,5-7,16H2,1H3/t12-/m0/s1. The van der Waals surface area contributed by atoms with Gasteiger partial charge in [-0.3, -0.25) is 19.0 Å². The van der Waals surface area contributed by atoms with Crippen molar-refractivity contribution in [1.29, 1.82) is 0 Å². The molecule has 1 fully saturated rings. The molecule has 2 aromatic rings. The van der Waals surface area contributed by atoms with Crippen molar-refractivity contribution >= 4 is 28.2 Å². The molecule has 1 aromatic carbocycles. The Bertz CT molecular complexity index is 823. The number of Topliss-reactive ketones (excluding diaryl/α,β-unsaturated/α-hetero) is 2. The van der Waals surface area contributed by atoms with E-state index in [1.54, 1.807) is 25.1 Å². The number of rotatable bonds is 1. The van der Waals surface area contributed by atoms with E-state index in [0.717, 1.165) is 0 Å². The number of nitrogens with two attached hydrogens (primary N) is 1. The minimum Gasteiger partial charge on any atom is -0.398 e. The Balaban J connectivity index is 2.24. The van der Waals surface area contributed by atoms with Crippen LogP contribution < -0.4 is 11.3 Å². The van der Waals surface area contributed by atoms with E-state index in [4.69, 9.17) is 5.73 Å². The number of nitrogens with zero attached hydrogens (tertiary/aromatic N) is 2. The van der Waals surface area contributed by atoms with Crippen LogP contribution in [0.1, 0.15) is 31.1 Å². The molecule has 2 N–H and O–H groups in total. The molecule has 1 saturated carbocycles. The summed E-state index contributed by atoms with van der Waals surface area (Å²) in [4.78, 5) is 40.5. The summed E-state index contributed by atoms with van der Waals surface area (Å²) in [5.41, 5.74) is 6.42. The normalized spacial score (nSPS) is 19.2. The van der Waals surface area contributed by atoms with Gasteiger partial charge in [-0.05, 0) is 25.5 Å². The van der Waals surface area contributed by atoms with Gasteiger partial charge in [-0.15, -0.1) is 0 Å². The Morgan fingerprint density at radius 3 is 2.76 bits per heavy atom. The molecule has 0 spiro atoms. The van der Waals surface area contributed by atoms with E-state index in [1.807, 2.05) is 0 Å². The lowest BCUT2D eigenvalue weighted by molar-refractivity contribution is -0.132. The Morgan fingerprint density at radius 2 is 2.05 bits per heavy atom. The monoisotopic (exact) mass is 285 g/mol. The largest absolute Gasteiger partial charge is 0.398 e. The summed E-state index contributed by atoms with van der Waals surface area (Å²) in [5, 5.41) is 0.327. The maximum absolute atomic E-state index is 12.7. The summed E-state index contributed by atoms with van der Waals surface area (Å²) in [5.74, 6) is 0.160. The summed E-state index contributed by atoms with van der Waals surface area (Å²) < 4.78 is 1.38. The van der Waals surface area contributed by atoms with Crippen LogP contribution in [0.15, 0.2) is 23.0 Å². The number of ketones is 2. The Morgan fingerprint density at radius 1 is 1.29 bits per heavy atom. The Kier molecular flexibility index (Phi) is 3.08. The number of aromatic nitrogens is 2. The average Bonchev–Trinajstić information content (AvgIpc) is 2.40. The molecular weight excluding hydrogens is 270 g/mol. The van der Waals surface area contributed by atoms with Gasteiger partial charge in [0.05, 0.1) is 23.4 Å². The molecule has 6 nitrogen and oxygen atoms in total. The highest BCUT2D eigenvalue weighted by Crippen LogP contribution is 2.24. The van der Waals surface area contributed by atoms with E-state index in [9.17, 15) is 14.4 Å². The van der Waals surface area contributed by atoms with E-state index in [-0.39, 0.29) is 23.5 Å². The van der Waals surface area contributed by atoms with Crippen LogP contribution in [0.5, 0.6) is 0 Å². The van der Waals surface area contributed by atoms with Crippen LogP contribution >= 0.6 is 0 Å². The minimum atomic E-state index is -0.619. The van der Waals surface area contributed by atoms with Crippen molar-refractivity contribution < 1.29 is 9.59 Å². The molecule has 0 bridgehead atoms. The smallest absolute Gasteiger partial charge is 0.264 e. The van der Waals surface area contributed by atoms with Gasteiger partial charge in [-0.2, -0.15) is 0 Å². The fourth-order valence-electron chi connectivity index (χ4n) is 2.88. The van der Waals surface area contributed by atoms with Crippen molar-refractivity contribution in [3.63, 3.8) is 0 Å². The van der Waals surface area contributed by atoms with Gasteiger partial charge in [0, 0.05) is 12.1 Å². The lowest BCUT2D eigenvalue weighted by Crippen LogP contribution is -2.36. The lowest BCUT2D eigenvalue weighted by Gasteiger charge is -2.24. The van der Waals surface area contributed by atoms with E-state index in [0.29, 0.717) is 35.3 Å². The van der Waals surface area contributed by atoms with Gasteiger partial charge >= 0.3 is 0 Å². The third-order valence-electron chi connectivity index (χ3n) is 3.89. The molecule has 3 rings (SSSR count). The van der Waals surface area contributed by atoms with Crippen LogP contribution in [0.2, 0.25) is 0 Å². The number of benzene rings is 1. The van der Waals surface area contributed by atoms with Gasteiger partial charge in [0.2, 0.25) is 0 Å². The quantitative estimate of drug-likeness (QED) is 0.626. The SMILES string of the molecule is Cc1nc2cccc(N)c2c(=O)n1[C@H]1CCC(=O)CC1=O. The first-order valence-electron chi connectivity index (χ1n) is 6.81. The van der Waals surface area contributed by atoms with E-state index in [1.165, 1.54) is 4.57 Å². The molecule has 6 heteroatoms. The van der Waals surface area contributed by atoms with Crippen LogP contribution in [0.25, 0.3) is 10.9 Å². The number of nitrogen functional groups attached to an aromatic ring is 1. The van der Waals surface area contributed by atoms with Crippen molar-refractivity contribution in [1.82, 2.24) is 9.55 Å². The number of hydrogen-bond acceptors (Lipinski definition) is 5. The van der Waals surface area contributed by atoms with Crippen LogP contribution in [0.3, 0.4) is 0 Å². The first kappa shape index (κ1) is 13.5. The van der Waals surface area contributed by atoms with Crippen molar-refractivity contribution in [3.8, 4) is 0 Å². The predicted molar refractivity (Wildman–Crippen MR) is 78.1 cm³/mol. The molecule has 1 heterocycles. The Hall–Kier alpha value is -2.50. The van der Waals surface area contributed by atoms with Crippen molar-refractivity contribution in [3.05, 3.63) is 34.4 Å². The topological polar surface area (TPSA) is 95.0 Å². The summed E-state index contributed by atoms with van der Waals surface area (Å²) in [6, 6.07) is 4.47. The molecular formula is C15H15N3O3. The maximum Gasteiger partial charge on any atom is 0.264 e. The number of carbonyl (C=O) groups is 2. The fourth-order valence-corrected chi connectivity index (χ4v) is 2.88. The maximum atomic E-state index is 12.7. The molecule has 1 aliphatic rings. The number of hydrogen-bond donors (Lipinski definition) is 1. The molecule has 1 aromatic heterocycles. The minimum absolute atomic E-state index is 0.0739. The molecule has 0 radical (unpaired) electrons. The van der Waals surface area contributed by atoms with Gasteiger partial charge < -0.3 is 5.73 Å². The molecule has 1 aliphatic carbocycles. The molecule has 0 unspecified atom stereocenters. The predicted octanol–water partition coefficient (Wildman–Crippen LogP) is 1.15.